The Kier molecular flexibility index (Phi) is 29.2. The van der Waals surface area contributed by atoms with Crippen molar-refractivity contribution in [1.82, 2.24) is 5.32 Å². The zero-order valence-electron chi connectivity index (χ0n) is 32.9. The molecule has 0 aromatic rings. The molecule has 0 aromatic heterocycles. The van der Waals surface area contributed by atoms with Crippen molar-refractivity contribution >= 4 is 16.3 Å². The first-order valence-electron chi connectivity index (χ1n) is 20.5. The summed E-state index contributed by atoms with van der Waals surface area (Å²) in [6, 6.07) is -1.14. The molecule has 13 nitrogen and oxygen atoms in total. The maximum Gasteiger partial charge on any atom is 0.397 e. The van der Waals surface area contributed by atoms with E-state index in [9.17, 15) is 38.7 Å². The number of hydrogen-bond donors (Lipinski definition) is 7. The minimum Gasteiger partial charge on any atom is -0.394 e. The van der Waals surface area contributed by atoms with Gasteiger partial charge in [0.15, 0.2) is 6.29 Å². The quantitative estimate of drug-likeness (QED) is 0.0241. The van der Waals surface area contributed by atoms with Crippen molar-refractivity contribution in [2.24, 2.45) is 0 Å². The van der Waals surface area contributed by atoms with Crippen LogP contribution >= 0.6 is 0 Å². The minimum atomic E-state index is -5.12. The van der Waals surface area contributed by atoms with Gasteiger partial charge in [0.25, 0.3) is 0 Å². The van der Waals surface area contributed by atoms with Crippen molar-refractivity contribution < 1.29 is 57.0 Å². The highest BCUT2D eigenvalue weighted by atomic mass is 32.3. The molecule has 0 saturated carbocycles. The molecule has 8 atom stereocenters. The van der Waals surface area contributed by atoms with Gasteiger partial charge in [-0.1, -0.05) is 127 Å². The van der Waals surface area contributed by atoms with E-state index in [1.165, 1.54) is 70.3 Å². The number of carbonyl (C=O) groups excluding carboxylic acids is 1. The first kappa shape index (κ1) is 50.3. The number of aliphatic hydroxyl groups excluding tert-OH is 5. The molecule has 1 fully saturated rings. The molecule has 0 radical (unpaired) electrons. The lowest BCUT2D eigenvalue weighted by atomic mass is 9.99. The topological polar surface area (TPSA) is 212 Å². The maximum absolute atomic E-state index is 13.0. The van der Waals surface area contributed by atoms with Crippen LogP contribution in [0.3, 0.4) is 0 Å². The number of carbonyl (C=O) groups is 1. The Bertz CT molecular complexity index is 1130. The molecule has 0 spiro atoms. The predicted octanol–water partition coefficient (Wildman–Crippen LogP) is 5.74. The second-order valence-corrected chi connectivity index (χ2v) is 15.4. The minimum absolute atomic E-state index is 0.222. The molecule has 1 rings (SSSR count). The summed E-state index contributed by atoms with van der Waals surface area (Å²) in [5, 5.41) is 54.8. The van der Waals surface area contributed by atoms with E-state index in [1.54, 1.807) is 6.08 Å². The van der Waals surface area contributed by atoms with Crippen molar-refractivity contribution in [1.29, 1.82) is 0 Å². The standard InChI is InChI=1S/C40H73NO12S/c1-3-5-7-9-11-13-15-16-17-18-19-21-23-25-27-29-34(44)39(47)41-32(33(43)28-26-24-22-20-14-12-10-8-6-4-2)31-51-40-37(46)38(53-54(48,49)50)36(45)35(30-42)52-40/h14,17-18,20,26,28,32-38,40,42-46H,3-13,15-16,19,21-25,27,29-31H2,1-2H3,(H,41,47)(H,48,49,50)/b18-17-,20-14+,28-26+. The van der Waals surface area contributed by atoms with Crippen LogP contribution in [0.5, 0.6) is 0 Å². The van der Waals surface area contributed by atoms with Crippen LogP contribution in [-0.2, 0) is 28.9 Å². The fourth-order valence-electron chi connectivity index (χ4n) is 6.17. The summed E-state index contributed by atoms with van der Waals surface area (Å²) in [4.78, 5) is 13.0. The van der Waals surface area contributed by atoms with Crippen molar-refractivity contribution in [2.75, 3.05) is 13.2 Å². The van der Waals surface area contributed by atoms with E-state index >= 15 is 0 Å². The summed E-state index contributed by atoms with van der Waals surface area (Å²) in [5.74, 6) is -0.725. The summed E-state index contributed by atoms with van der Waals surface area (Å²) in [6.45, 7) is 3.11. The number of allylic oxidation sites excluding steroid dienone is 5. The van der Waals surface area contributed by atoms with E-state index in [2.05, 4.69) is 47.7 Å². The molecule has 7 N–H and O–H groups in total. The fraction of sp³-hybridized carbons (Fsp3) is 0.825. The molecule has 1 aliphatic rings. The van der Waals surface area contributed by atoms with E-state index in [0.29, 0.717) is 12.8 Å². The molecule has 14 heteroatoms. The summed E-state index contributed by atoms with van der Waals surface area (Å²) in [7, 11) is -5.12. The Morgan fingerprint density at radius 3 is 1.80 bits per heavy atom. The third-order valence-corrected chi connectivity index (χ3v) is 9.97. The molecule has 1 saturated heterocycles. The van der Waals surface area contributed by atoms with Crippen molar-refractivity contribution in [3.05, 3.63) is 36.5 Å². The number of unbranched alkanes of at least 4 members (excludes halogenated alkanes) is 16. The lowest BCUT2D eigenvalue weighted by Gasteiger charge is -2.41. The third-order valence-electron chi connectivity index (χ3n) is 9.50. The van der Waals surface area contributed by atoms with Gasteiger partial charge in [-0.3, -0.25) is 9.35 Å². The van der Waals surface area contributed by atoms with Crippen LogP contribution in [0, 0.1) is 0 Å². The largest absolute Gasteiger partial charge is 0.397 e. The van der Waals surface area contributed by atoms with Crippen LogP contribution in [0.15, 0.2) is 36.5 Å². The van der Waals surface area contributed by atoms with Crippen molar-refractivity contribution in [3.63, 3.8) is 0 Å². The zero-order chi connectivity index (χ0) is 40.0. The molecule has 0 aromatic carbocycles. The molecule has 0 aliphatic carbocycles. The Morgan fingerprint density at radius 1 is 0.741 bits per heavy atom. The predicted molar refractivity (Wildman–Crippen MR) is 210 cm³/mol. The first-order chi connectivity index (χ1) is 25.9. The Labute approximate surface area is 325 Å². The van der Waals surface area contributed by atoms with Crippen LogP contribution in [0.1, 0.15) is 149 Å². The van der Waals surface area contributed by atoms with Gasteiger partial charge < -0.3 is 40.3 Å². The Morgan fingerprint density at radius 2 is 1.24 bits per heavy atom. The number of ether oxygens (including phenoxy) is 2. The Balaban J connectivity index is 2.67. The summed E-state index contributed by atoms with van der Waals surface area (Å²) in [5.41, 5.74) is 0. The van der Waals surface area contributed by atoms with Gasteiger partial charge >= 0.3 is 10.4 Å². The highest BCUT2D eigenvalue weighted by Gasteiger charge is 2.48. The fourth-order valence-corrected chi connectivity index (χ4v) is 6.68. The second kappa shape index (κ2) is 31.4. The summed E-state index contributed by atoms with van der Waals surface area (Å²) in [6.07, 6.45) is 22.5. The molecule has 8 unspecified atom stereocenters. The molecule has 316 valence electrons. The lowest BCUT2D eigenvalue weighted by molar-refractivity contribution is -0.298. The van der Waals surface area contributed by atoms with Gasteiger partial charge in [0.2, 0.25) is 5.91 Å². The van der Waals surface area contributed by atoms with E-state index < -0.39 is 78.5 Å². The second-order valence-electron chi connectivity index (χ2n) is 14.3. The molecule has 1 heterocycles. The van der Waals surface area contributed by atoms with Gasteiger partial charge in [0.1, 0.15) is 30.5 Å². The third kappa shape index (κ3) is 24.0. The van der Waals surface area contributed by atoms with E-state index in [1.807, 2.05) is 0 Å². The van der Waals surface area contributed by atoms with Gasteiger partial charge in [-0.05, 0) is 57.8 Å². The number of hydrogen-bond acceptors (Lipinski definition) is 11. The molecule has 1 aliphatic heterocycles. The summed E-state index contributed by atoms with van der Waals surface area (Å²) >= 11 is 0. The SMILES string of the molecule is CCCCCC/C=C/CC/C=C/C(O)C(COC1OC(CO)C(O)C(OS(=O)(=O)O)C1O)NC(=O)C(O)CCCCCC/C=C\CCCCCCCCC. The molecule has 0 bridgehead atoms. The first-order valence-corrected chi connectivity index (χ1v) is 21.8. The maximum atomic E-state index is 13.0. The highest BCUT2D eigenvalue weighted by Crippen LogP contribution is 2.26. The Hall–Kier alpha value is -1.72. The zero-order valence-corrected chi connectivity index (χ0v) is 33.7. The van der Waals surface area contributed by atoms with Gasteiger partial charge in [-0.25, -0.2) is 4.18 Å². The van der Waals surface area contributed by atoms with Crippen LogP contribution < -0.4 is 5.32 Å². The molecular weight excluding hydrogens is 719 g/mol. The number of aliphatic hydroxyl groups is 5. The van der Waals surface area contributed by atoms with Crippen LogP contribution in [0.25, 0.3) is 0 Å². The average Bonchev–Trinajstić information content (AvgIpc) is 3.14. The number of rotatable bonds is 33. The summed E-state index contributed by atoms with van der Waals surface area (Å²) < 4.78 is 47.2. The molecule has 1 amide bonds. The normalized spacial score (nSPS) is 22.7. The van der Waals surface area contributed by atoms with Crippen LogP contribution in [-0.4, -0.2) is 107 Å². The number of nitrogens with one attached hydrogen (secondary N) is 1. The monoisotopic (exact) mass is 791 g/mol. The van der Waals surface area contributed by atoms with Gasteiger partial charge in [-0.2, -0.15) is 8.42 Å². The van der Waals surface area contributed by atoms with Crippen molar-refractivity contribution in [2.45, 2.75) is 198 Å². The van der Waals surface area contributed by atoms with Crippen LogP contribution in [0.2, 0.25) is 0 Å². The molecular formula is C40H73NO12S. The van der Waals surface area contributed by atoms with Gasteiger partial charge in [-0.15, -0.1) is 0 Å². The number of amides is 1. The van der Waals surface area contributed by atoms with Gasteiger partial charge in [0, 0.05) is 0 Å². The molecule has 54 heavy (non-hydrogen) atoms. The smallest absolute Gasteiger partial charge is 0.394 e. The average molecular weight is 792 g/mol. The lowest BCUT2D eigenvalue weighted by Crippen LogP contribution is -2.61. The van der Waals surface area contributed by atoms with Crippen LogP contribution in [0.4, 0.5) is 0 Å². The van der Waals surface area contributed by atoms with E-state index in [-0.39, 0.29) is 6.42 Å². The van der Waals surface area contributed by atoms with E-state index in [4.69, 9.17) is 14.0 Å². The highest BCUT2D eigenvalue weighted by molar-refractivity contribution is 7.80. The van der Waals surface area contributed by atoms with Gasteiger partial charge in [0.05, 0.1) is 25.4 Å². The van der Waals surface area contributed by atoms with E-state index in [0.717, 1.165) is 51.4 Å². The van der Waals surface area contributed by atoms with Crippen molar-refractivity contribution in [3.8, 4) is 0 Å².